The van der Waals surface area contributed by atoms with Crippen LogP contribution in [0.2, 0.25) is 0 Å². The van der Waals surface area contributed by atoms with E-state index in [1.54, 1.807) is 12.1 Å². The molecule has 0 fully saturated rings. The molecule has 2 rings (SSSR count). The Morgan fingerprint density at radius 1 is 1.26 bits per heavy atom. The van der Waals surface area contributed by atoms with Gasteiger partial charge in [-0.3, -0.25) is 9.78 Å². The van der Waals surface area contributed by atoms with Crippen molar-refractivity contribution in [3.05, 3.63) is 36.0 Å². The van der Waals surface area contributed by atoms with Gasteiger partial charge >= 0.3 is 5.22 Å². The van der Waals surface area contributed by atoms with E-state index in [4.69, 9.17) is 4.42 Å². The molecule has 1 amide bonds. The number of nitrogens with zero attached hydrogens (tertiary/aromatic N) is 3. The van der Waals surface area contributed by atoms with Gasteiger partial charge in [-0.1, -0.05) is 18.9 Å². The van der Waals surface area contributed by atoms with Crippen molar-refractivity contribution in [2.75, 3.05) is 6.26 Å². The summed E-state index contributed by atoms with van der Waals surface area (Å²) in [6, 6.07) is 2.59. The zero-order valence-electron chi connectivity index (χ0n) is 13.1. The fourth-order valence-electron chi connectivity index (χ4n) is 1.95. The van der Waals surface area contributed by atoms with E-state index in [9.17, 15) is 13.2 Å². The second kappa shape index (κ2) is 6.86. The van der Waals surface area contributed by atoms with E-state index in [0.29, 0.717) is 12.0 Å². The standard InChI is InChI=1S/C14H18N4O4S/c1-9(2)8-11(13-17-18-14(22-13)23(3,20)21)16-12(19)10-4-6-15-7-5-10/h4-7,9,11H,8H2,1-3H3,(H,16,19)/t11-/m0/s1. The summed E-state index contributed by atoms with van der Waals surface area (Å²) in [7, 11) is -3.59. The monoisotopic (exact) mass is 338 g/mol. The lowest BCUT2D eigenvalue weighted by Gasteiger charge is -2.17. The lowest BCUT2D eigenvalue weighted by atomic mass is 10.0. The summed E-state index contributed by atoms with van der Waals surface area (Å²) in [4.78, 5) is 16.1. The molecule has 2 aromatic rings. The van der Waals surface area contributed by atoms with E-state index in [-0.39, 0.29) is 17.7 Å². The molecule has 9 heteroatoms. The van der Waals surface area contributed by atoms with Crippen molar-refractivity contribution in [1.29, 1.82) is 0 Å². The first-order valence-corrected chi connectivity index (χ1v) is 8.91. The molecule has 1 atom stereocenters. The molecule has 0 spiro atoms. The maximum absolute atomic E-state index is 12.3. The van der Waals surface area contributed by atoms with Gasteiger partial charge in [0.1, 0.15) is 6.04 Å². The number of aromatic nitrogens is 3. The fourth-order valence-corrected chi connectivity index (χ4v) is 2.37. The van der Waals surface area contributed by atoms with Crippen molar-refractivity contribution in [3.8, 4) is 0 Å². The minimum Gasteiger partial charge on any atom is -0.410 e. The Morgan fingerprint density at radius 2 is 1.91 bits per heavy atom. The summed E-state index contributed by atoms with van der Waals surface area (Å²) in [6.45, 7) is 3.94. The van der Waals surface area contributed by atoms with Crippen LogP contribution in [0.25, 0.3) is 0 Å². The van der Waals surface area contributed by atoms with Crippen LogP contribution in [0.15, 0.2) is 34.2 Å². The number of pyridine rings is 1. The lowest BCUT2D eigenvalue weighted by molar-refractivity contribution is 0.0923. The maximum atomic E-state index is 12.3. The second-order valence-corrected chi connectivity index (χ2v) is 7.46. The highest BCUT2D eigenvalue weighted by atomic mass is 32.2. The van der Waals surface area contributed by atoms with Gasteiger partial charge in [0.15, 0.2) is 0 Å². The third kappa shape index (κ3) is 4.59. The molecule has 0 aromatic carbocycles. The minimum absolute atomic E-state index is 0.0709. The van der Waals surface area contributed by atoms with Crippen molar-refractivity contribution in [2.24, 2.45) is 5.92 Å². The summed E-state index contributed by atoms with van der Waals surface area (Å²) in [6.07, 6.45) is 4.54. The molecular formula is C14H18N4O4S. The third-order valence-corrected chi connectivity index (χ3v) is 3.79. The first-order chi connectivity index (χ1) is 10.8. The maximum Gasteiger partial charge on any atom is 0.335 e. The molecule has 23 heavy (non-hydrogen) atoms. The lowest BCUT2D eigenvalue weighted by Crippen LogP contribution is -2.29. The first kappa shape index (κ1) is 17.1. The molecule has 1 N–H and O–H groups in total. The van der Waals surface area contributed by atoms with Crippen molar-refractivity contribution >= 4 is 15.7 Å². The number of carbonyl (C=O) groups is 1. The first-order valence-electron chi connectivity index (χ1n) is 7.01. The van der Waals surface area contributed by atoms with Crippen LogP contribution in [0.5, 0.6) is 0 Å². The second-order valence-electron chi connectivity index (χ2n) is 5.57. The molecule has 2 heterocycles. The molecule has 0 saturated carbocycles. The number of sulfone groups is 1. The van der Waals surface area contributed by atoms with Crippen LogP contribution in [0.4, 0.5) is 0 Å². The fraction of sp³-hybridized carbons (Fsp3) is 0.429. The van der Waals surface area contributed by atoms with E-state index in [1.807, 2.05) is 13.8 Å². The van der Waals surface area contributed by atoms with Crippen molar-refractivity contribution in [2.45, 2.75) is 31.5 Å². The van der Waals surface area contributed by atoms with E-state index >= 15 is 0 Å². The van der Waals surface area contributed by atoms with E-state index < -0.39 is 21.1 Å². The van der Waals surface area contributed by atoms with Crippen molar-refractivity contribution < 1.29 is 17.6 Å². The normalized spacial score (nSPS) is 13.0. The topological polar surface area (TPSA) is 115 Å². The number of hydrogen-bond acceptors (Lipinski definition) is 7. The average Bonchev–Trinajstić information content (AvgIpc) is 2.97. The Labute approximate surface area is 134 Å². The van der Waals surface area contributed by atoms with Crippen molar-refractivity contribution in [1.82, 2.24) is 20.5 Å². The van der Waals surface area contributed by atoms with Crippen LogP contribution >= 0.6 is 0 Å². The molecule has 2 aromatic heterocycles. The summed E-state index contributed by atoms with van der Waals surface area (Å²) in [5.41, 5.74) is 0.441. The van der Waals surface area contributed by atoms with Crippen LogP contribution in [-0.4, -0.2) is 35.8 Å². The van der Waals surface area contributed by atoms with Crippen LogP contribution in [0, 0.1) is 5.92 Å². The smallest absolute Gasteiger partial charge is 0.335 e. The number of hydrogen-bond donors (Lipinski definition) is 1. The Bertz CT molecular complexity index is 771. The van der Waals surface area contributed by atoms with Gasteiger partial charge in [0.2, 0.25) is 15.7 Å². The predicted octanol–water partition coefficient (Wildman–Crippen LogP) is 1.39. The molecule has 0 aliphatic heterocycles. The van der Waals surface area contributed by atoms with Crippen LogP contribution in [0.3, 0.4) is 0 Å². The van der Waals surface area contributed by atoms with Gasteiger partial charge in [0, 0.05) is 24.2 Å². The Kier molecular flexibility index (Phi) is 5.09. The Balaban J connectivity index is 2.24. The number of rotatable bonds is 6. The van der Waals surface area contributed by atoms with Gasteiger partial charge in [0.05, 0.1) is 0 Å². The zero-order chi connectivity index (χ0) is 17.0. The van der Waals surface area contributed by atoms with Gasteiger partial charge in [-0.05, 0) is 24.5 Å². The van der Waals surface area contributed by atoms with Crippen molar-refractivity contribution in [3.63, 3.8) is 0 Å². The molecule has 0 aliphatic rings. The van der Waals surface area contributed by atoms with Crippen LogP contribution in [-0.2, 0) is 9.84 Å². The summed E-state index contributed by atoms with van der Waals surface area (Å²) >= 11 is 0. The molecular weight excluding hydrogens is 320 g/mol. The summed E-state index contributed by atoms with van der Waals surface area (Å²) in [5, 5.41) is 9.62. The number of nitrogens with one attached hydrogen (secondary N) is 1. The molecule has 8 nitrogen and oxygen atoms in total. The van der Waals surface area contributed by atoms with Gasteiger partial charge in [-0.25, -0.2) is 8.42 Å². The van der Waals surface area contributed by atoms with E-state index in [1.165, 1.54) is 12.4 Å². The van der Waals surface area contributed by atoms with Gasteiger partial charge < -0.3 is 9.73 Å². The van der Waals surface area contributed by atoms with Crippen LogP contribution in [0.1, 0.15) is 42.6 Å². The SMILES string of the molecule is CC(C)C[C@H](NC(=O)c1ccncc1)c1nnc(S(C)(=O)=O)o1. The zero-order valence-corrected chi connectivity index (χ0v) is 13.9. The molecule has 0 saturated heterocycles. The number of carbonyl (C=O) groups excluding carboxylic acids is 1. The van der Waals surface area contributed by atoms with E-state index in [0.717, 1.165) is 6.26 Å². The Hall–Kier alpha value is -2.29. The highest BCUT2D eigenvalue weighted by Gasteiger charge is 2.25. The van der Waals surface area contributed by atoms with Gasteiger partial charge in [0.25, 0.3) is 5.91 Å². The van der Waals surface area contributed by atoms with E-state index in [2.05, 4.69) is 20.5 Å². The quantitative estimate of drug-likeness (QED) is 0.846. The van der Waals surface area contributed by atoms with Gasteiger partial charge in [-0.15, -0.1) is 5.10 Å². The molecule has 0 radical (unpaired) electrons. The highest BCUT2D eigenvalue weighted by Crippen LogP contribution is 2.22. The largest absolute Gasteiger partial charge is 0.410 e. The summed E-state index contributed by atoms with van der Waals surface area (Å²) < 4.78 is 28.1. The number of amides is 1. The van der Waals surface area contributed by atoms with Crippen LogP contribution < -0.4 is 5.32 Å². The van der Waals surface area contributed by atoms with Gasteiger partial charge in [-0.2, -0.15) is 0 Å². The summed E-state index contributed by atoms with van der Waals surface area (Å²) in [5.74, 6) is -0.0231. The molecule has 0 bridgehead atoms. The predicted molar refractivity (Wildman–Crippen MR) is 81.3 cm³/mol. The average molecular weight is 338 g/mol. The third-order valence-electron chi connectivity index (χ3n) is 2.99. The molecule has 0 unspecified atom stereocenters. The molecule has 0 aliphatic carbocycles. The minimum atomic E-state index is -3.59. The molecule has 124 valence electrons. The Morgan fingerprint density at radius 3 is 2.43 bits per heavy atom. The highest BCUT2D eigenvalue weighted by molar-refractivity contribution is 7.90.